The summed E-state index contributed by atoms with van der Waals surface area (Å²) < 4.78 is 26.3. The number of benzene rings is 6. The van der Waals surface area contributed by atoms with Gasteiger partial charge in [0.05, 0.1) is 48.7 Å². The minimum atomic E-state index is 0.246. The lowest BCUT2D eigenvalue weighted by molar-refractivity contribution is 0.295. The SMILES string of the molecule is C#Cc1cc(OCCCCCCCCCC)c(C#Cc2ccc3c(c2)C(=C2c4c(ccc5ccccc45)SCC2C)c2cc(C#Cc4cc(OCCCCCCCCCC)c(C#C)cc4OCCCCCCCCCC)ccc2S3)cc1OCCCCCCCCCC. The van der Waals surface area contributed by atoms with Gasteiger partial charge in [-0.1, -0.05) is 292 Å². The molecule has 0 amide bonds. The number of hydrogen-bond donors (Lipinski definition) is 0. The summed E-state index contributed by atoms with van der Waals surface area (Å²) in [5, 5.41) is 2.51. The van der Waals surface area contributed by atoms with Gasteiger partial charge in [-0.05, 0) is 113 Å². The zero-order chi connectivity index (χ0) is 65.1. The van der Waals surface area contributed by atoms with Gasteiger partial charge in [0.15, 0.2) is 0 Å². The molecule has 0 radical (unpaired) electrons. The molecule has 4 nitrogen and oxygen atoms in total. The van der Waals surface area contributed by atoms with Crippen molar-refractivity contribution in [2.75, 3.05) is 32.2 Å². The molecule has 0 saturated heterocycles. The minimum Gasteiger partial charge on any atom is -0.492 e. The third-order valence-electron chi connectivity index (χ3n) is 18.3. The van der Waals surface area contributed by atoms with Crippen molar-refractivity contribution in [1.82, 2.24) is 0 Å². The molecule has 93 heavy (non-hydrogen) atoms. The Morgan fingerprint density at radius 2 is 0.742 bits per heavy atom. The summed E-state index contributed by atoms with van der Waals surface area (Å²) in [5.74, 6) is 24.5. The highest BCUT2D eigenvalue weighted by Gasteiger charge is 2.32. The quantitative estimate of drug-likeness (QED) is 0.0281. The second-order valence-electron chi connectivity index (χ2n) is 26.0. The molecule has 6 aromatic rings. The molecule has 0 bridgehead atoms. The number of rotatable bonds is 40. The zero-order valence-electron chi connectivity index (χ0n) is 57.6. The third kappa shape index (κ3) is 22.6. The van der Waals surface area contributed by atoms with E-state index >= 15 is 0 Å². The maximum atomic E-state index is 6.64. The standard InChI is InChI=1S/C87H108O4S2/c1-8-14-18-22-26-30-34-40-56-88-78-64-73(80(62-70(78)12-5)90-58-42-36-32-28-24-20-16-10-3)50-46-68-48-53-82-76(60-68)86(85-67(7)66-92-84-55-52-72-44-38-39-45-75(72)87(84)85)77-61-69(49-54-83(77)93-82)47-51-74-65-79(89-57-41-35-31-27-23-19-15-9-2)71(13-6)63-81(74)91-59-43-37-33-29-25-21-17-11-4/h5-6,38-39,44-45,48-49,52-55,60-65,67H,8-11,14-37,40-43,56-59,66H2,1-4,7H3. The fourth-order valence-electron chi connectivity index (χ4n) is 12.9. The third-order valence-corrected chi connectivity index (χ3v) is 20.8. The molecular weight excluding hydrogens is 1170 g/mol. The van der Waals surface area contributed by atoms with E-state index in [-0.39, 0.29) is 5.92 Å². The lowest BCUT2D eigenvalue weighted by Gasteiger charge is -2.32. The normalized spacial score (nSPS) is 13.0. The number of ether oxygens (including phenoxy) is 4. The van der Waals surface area contributed by atoms with E-state index in [2.05, 4.69) is 143 Å². The predicted octanol–water partition coefficient (Wildman–Crippen LogP) is 24.8. The summed E-state index contributed by atoms with van der Waals surface area (Å²) in [4.78, 5) is 3.73. The van der Waals surface area contributed by atoms with Gasteiger partial charge in [0.2, 0.25) is 0 Å². The Morgan fingerprint density at radius 3 is 1.14 bits per heavy atom. The molecule has 0 fully saturated rings. The number of terminal acetylenes is 2. The predicted molar refractivity (Wildman–Crippen MR) is 400 cm³/mol. The molecule has 0 spiro atoms. The second kappa shape index (κ2) is 41.3. The molecule has 2 aliphatic rings. The van der Waals surface area contributed by atoms with Crippen LogP contribution < -0.4 is 18.9 Å². The molecule has 8 rings (SSSR count). The van der Waals surface area contributed by atoms with Crippen molar-refractivity contribution in [3.8, 4) is 71.4 Å². The first-order valence-corrected chi connectivity index (χ1v) is 38.4. The van der Waals surface area contributed by atoms with E-state index < -0.39 is 0 Å². The minimum absolute atomic E-state index is 0.246. The Morgan fingerprint density at radius 1 is 0.387 bits per heavy atom. The highest BCUT2D eigenvalue weighted by atomic mass is 32.2. The summed E-state index contributed by atoms with van der Waals surface area (Å²) >= 11 is 3.79. The average molecular weight is 1280 g/mol. The van der Waals surface area contributed by atoms with Gasteiger partial charge in [-0.3, -0.25) is 0 Å². The van der Waals surface area contributed by atoms with Crippen LogP contribution >= 0.6 is 23.5 Å². The van der Waals surface area contributed by atoms with E-state index in [0.29, 0.717) is 60.6 Å². The van der Waals surface area contributed by atoms with Crippen LogP contribution in [0.2, 0.25) is 0 Å². The number of fused-ring (bicyclic) bond motifs is 5. The fraction of sp³-hybridized carbons (Fsp3) is 0.494. The summed E-state index contributed by atoms with van der Waals surface area (Å²) in [6, 6.07) is 35.1. The first kappa shape index (κ1) is 72.3. The van der Waals surface area contributed by atoms with Crippen LogP contribution in [0.25, 0.3) is 21.9 Å². The Labute approximate surface area is 572 Å². The van der Waals surface area contributed by atoms with Crippen LogP contribution in [0.15, 0.2) is 112 Å². The lowest BCUT2D eigenvalue weighted by Crippen LogP contribution is -2.14. The van der Waals surface area contributed by atoms with Gasteiger partial charge in [0, 0.05) is 55.8 Å². The maximum Gasteiger partial charge on any atom is 0.136 e. The van der Waals surface area contributed by atoms with Crippen LogP contribution in [0.4, 0.5) is 0 Å². The van der Waals surface area contributed by atoms with E-state index in [1.165, 1.54) is 207 Å². The van der Waals surface area contributed by atoms with Gasteiger partial charge in [-0.25, -0.2) is 0 Å². The van der Waals surface area contributed by atoms with Crippen LogP contribution in [0, 0.1) is 54.3 Å². The van der Waals surface area contributed by atoms with Crippen LogP contribution in [-0.2, 0) is 0 Å². The largest absolute Gasteiger partial charge is 0.492 e. The Hall–Kier alpha value is -6.54. The first-order valence-electron chi connectivity index (χ1n) is 36.6. The number of allylic oxidation sites excluding steroid dienone is 1. The Balaban J connectivity index is 1.15. The number of thioether (sulfide) groups is 1. The topological polar surface area (TPSA) is 36.9 Å². The van der Waals surface area contributed by atoms with Crippen LogP contribution in [0.3, 0.4) is 0 Å². The summed E-state index contributed by atoms with van der Waals surface area (Å²) in [6.45, 7) is 13.9. The highest BCUT2D eigenvalue weighted by Crippen LogP contribution is 2.54. The molecule has 0 aromatic heterocycles. The van der Waals surface area contributed by atoms with Crippen molar-refractivity contribution in [2.24, 2.45) is 5.92 Å². The molecule has 2 heterocycles. The van der Waals surface area contributed by atoms with Gasteiger partial charge in [0.1, 0.15) is 23.0 Å². The summed E-state index contributed by atoms with van der Waals surface area (Å²) in [5.41, 5.74) is 11.1. The second-order valence-corrected chi connectivity index (χ2v) is 28.1. The highest BCUT2D eigenvalue weighted by molar-refractivity contribution is 7.99. The molecule has 0 aliphatic carbocycles. The van der Waals surface area contributed by atoms with Crippen molar-refractivity contribution in [1.29, 1.82) is 0 Å². The van der Waals surface area contributed by atoms with Crippen molar-refractivity contribution >= 4 is 45.4 Å². The number of unbranched alkanes of at least 4 members (excludes halogenated alkanes) is 28. The number of hydrogen-bond acceptors (Lipinski definition) is 6. The van der Waals surface area contributed by atoms with Crippen molar-refractivity contribution in [2.45, 2.75) is 255 Å². The van der Waals surface area contributed by atoms with E-state index in [9.17, 15) is 0 Å². The van der Waals surface area contributed by atoms with Gasteiger partial charge < -0.3 is 18.9 Å². The molecule has 1 atom stereocenters. The Kier molecular flexibility index (Phi) is 32.1. The average Bonchev–Trinajstić information content (AvgIpc) is 0.736. The smallest absolute Gasteiger partial charge is 0.136 e. The molecule has 0 N–H and O–H groups in total. The molecule has 6 aromatic carbocycles. The molecule has 2 aliphatic heterocycles. The van der Waals surface area contributed by atoms with Gasteiger partial charge in [-0.15, -0.1) is 24.6 Å². The summed E-state index contributed by atoms with van der Waals surface area (Å²) in [7, 11) is 0. The van der Waals surface area contributed by atoms with Gasteiger partial charge >= 0.3 is 0 Å². The van der Waals surface area contributed by atoms with Crippen molar-refractivity contribution in [3.05, 3.63) is 147 Å². The summed E-state index contributed by atoms with van der Waals surface area (Å²) in [6.07, 6.45) is 51.9. The molecule has 492 valence electrons. The van der Waals surface area contributed by atoms with E-state index in [4.69, 9.17) is 31.8 Å². The molecular formula is C87H108O4S2. The van der Waals surface area contributed by atoms with Gasteiger partial charge in [0.25, 0.3) is 0 Å². The molecule has 6 heteroatoms. The maximum absolute atomic E-state index is 6.64. The lowest BCUT2D eigenvalue weighted by atomic mass is 9.81. The molecule has 1 unspecified atom stereocenters. The van der Waals surface area contributed by atoms with E-state index in [1.807, 2.05) is 47.8 Å². The van der Waals surface area contributed by atoms with Crippen LogP contribution in [0.1, 0.15) is 290 Å². The van der Waals surface area contributed by atoms with Crippen LogP contribution in [0.5, 0.6) is 23.0 Å². The van der Waals surface area contributed by atoms with Crippen LogP contribution in [-0.4, -0.2) is 32.2 Å². The Bertz CT molecular complexity index is 3370. The monoisotopic (exact) mass is 1280 g/mol. The van der Waals surface area contributed by atoms with E-state index in [0.717, 1.165) is 79.4 Å². The first-order chi connectivity index (χ1) is 45.9. The van der Waals surface area contributed by atoms with Gasteiger partial charge in [-0.2, -0.15) is 0 Å². The molecule has 0 saturated carbocycles. The van der Waals surface area contributed by atoms with Crippen molar-refractivity contribution in [3.63, 3.8) is 0 Å². The van der Waals surface area contributed by atoms with E-state index in [1.54, 1.807) is 0 Å². The zero-order valence-corrected chi connectivity index (χ0v) is 59.2. The fourth-order valence-corrected chi connectivity index (χ4v) is 15.0. The van der Waals surface area contributed by atoms with Crippen molar-refractivity contribution < 1.29 is 18.9 Å².